The van der Waals surface area contributed by atoms with E-state index in [-0.39, 0.29) is 0 Å². The van der Waals surface area contributed by atoms with Crippen molar-refractivity contribution in [3.05, 3.63) is 30.3 Å². The number of hydrogen-bond acceptors (Lipinski definition) is 2. The number of aliphatic imine (C=N–C) groups is 1. The monoisotopic (exact) mass is 235 g/mol. The first-order chi connectivity index (χ1) is 8.22. The van der Waals surface area contributed by atoms with Crippen LogP contribution >= 0.6 is 0 Å². The molecule has 0 aliphatic heterocycles. The highest BCUT2D eigenvalue weighted by molar-refractivity contribution is 5.79. The van der Waals surface area contributed by atoms with Gasteiger partial charge in [0, 0.05) is 13.1 Å². The van der Waals surface area contributed by atoms with Crippen molar-refractivity contribution in [2.45, 2.75) is 19.9 Å². The number of nitrogens with zero attached hydrogens (tertiary/aromatic N) is 1. The summed E-state index contributed by atoms with van der Waals surface area (Å²) in [5.41, 5.74) is 0. The van der Waals surface area contributed by atoms with E-state index in [1.165, 1.54) is 0 Å². The summed E-state index contributed by atoms with van der Waals surface area (Å²) in [4.78, 5) is 4.11. The maximum Gasteiger partial charge on any atom is 0.191 e. The minimum Gasteiger partial charge on any atom is -0.492 e. The molecule has 1 rings (SSSR count). The molecular formula is C13H21N3O. The molecule has 0 aliphatic carbocycles. The maximum atomic E-state index is 5.56. The first-order valence-corrected chi connectivity index (χ1v) is 5.87. The molecule has 2 N–H and O–H groups in total. The van der Waals surface area contributed by atoms with Crippen molar-refractivity contribution in [2.24, 2.45) is 4.99 Å². The highest BCUT2D eigenvalue weighted by Crippen LogP contribution is 2.07. The van der Waals surface area contributed by atoms with Gasteiger partial charge in [0.1, 0.15) is 12.4 Å². The zero-order valence-electron chi connectivity index (χ0n) is 10.7. The van der Waals surface area contributed by atoms with E-state index >= 15 is 0 Å². The highest BCUT2D eigenvalue weighted by Gasteiger charge is 1.98. The van der Waals surface area contributed by atoms with Crippen molar-refractivity contribution in [2.75, 3.05) is 20.2 Å². The van der Waals surface area contributed by atoms with Crippen molar-refractivity contribution in [3.8, 4) is 5.75 Å². The molecule has 0 aromatic heterocycles. The number of ether oxygens (including phenoxy) is 1. The second-order valence-corrected chi connectivity index (χ2v) is 3.96. The van der Waals surface area contributed by atoms with Gasteiger partial charge in [-0.3, -0.25) is 4.99 Å². The van der Waals surface area contributed by atoms with Gasteiger partial charge in [0.2, 0.25) is 0 Å². The molecule has 0 saturated heterocycles. The molecule has 0 amide bonds. The average Bonchev–Trinajstić information content (AvgIpc) is 2.34. The molecule has 0 radical (unpaired) electrons. The summed E-state index contributed by atoms with van der Waals surface area (Å²) in [6, 6.07) is 10.2. The fraction of sp³-hybridized carbons (Fsp3) is 0.462. The van der Waals surface area contributed by atoms with Crippen molar-refractivity contribution < 1.29 is 4.74 Å². The largest absolute Gasteiger partial charge is 0.492 e. The first-order valence-electron chi connectivity index (χ1n) is 5.87. The van der Waals surface area contributed by atoms with E-state index in [9.17, 15) is 0 Å². The zero-order valence-corrected chi connectivity index (χ0v) is 10.7. The number of guanidine groups is 1. The molecule has 94 valence electrons. The quantitative estimate of drug-likeness (QED) is 0.463. The molecule has 0 spiro atoms. The van der Waals surface area contributed by atoms with Gasteiger partial charge in [-0.05, 0) is 26.0 Å². The Labute approximate surface area is 103 Å². The van der Waals surface area contributed by atoms with Crippen LogP contribution in [0.15, 0.2) is 35.3 Å². The van der Waals surface area contributed by atoms with Gasteiger partial charge in [-0.1, -0.05) is 18.2 Å². The van der Waals surface area contributed by atoms with Gasteiger partial charge in [-0.25, -0.2) is 0 Å². The summed E-state index contributed by atoms with van der Waals surface area (Å²) in [5.74, 6) is 1.69. The molecule has 0 aliphatic rings. The van der Waals surface area contributed by atoms with E-state index in [0.29, 0.717) is 12.6 Å². The van der Waals surface area contributed by atoms with Gasteiger partial charge in [0.05, 0.1) is 6.54 Å². The second-order valence-electron chi connectivity index (χ2n) is 3.96. The van der Waals surface area contributed by atoms with E-state index in [1.54, 1.807) is 7.05 Å². The lowest BCUT2D eigenvalue weighted by atomic mass is 10.3. The van der Waals surface area contributed by atoms with Gasteiger partial charge in [-0.15, -0.1) is 0 Å². The van der Waals surface area contributed by atoms with Crippen molar-refractivity contribution in [1.82, 2.24) is 10.6 Å². The molecule has 0 unspecified atom stereocenters. The van der Waals surface area contributed by atoms with E-state index in [2.05, 4.69) is 29.5 Å². The van der Waals surface area contributed by atoms with Crippen LogP contribution < -0.4 is 15.4 Å². The molecule has 1 aromatic carbocycles. The lowest BCUT2D eigenvalue weighted by Crippen LogP contribution is -2.42. The lowest BCUT2D eigenvalue weighted by Gasteiger charge is -2.14. The van der Waals surface area contributed by atoms with Crippen LogP contribution in [0.25, 0.3) is 0 Å². The molecule has 1 aromatic rings. The maximum absolute atomic E-state index is 5.56. The van der Waals surface area contributed by atoms with Crippen molar-refractivity contribution >= 4 is 5.96 Å². The predicted octanol–water partition coefficient (Wildman–Crippen LogP) is 1.64. The lowest BCUT2D eigenvalue weighted by molar-refractivity contribution is 0.322. The molecule has 0 heterocycles. The van der Waals surface area contributed by atoms with Crippen LogP contribution in [0, 0.1) is 0 Å². The Morgan fingerprint density at radius 3 is 2.59 bits per heavy atom. The number of rotatable bonds is 5. The second kappa shape index (κ2) is 7.54. The van der Waals surface area contributed by atoms with Gasteiger partial charge in [-0.2, -0.15) is 0 Å². The van der Waals surface area contributed by atoms with Gasteiger partial charge in [0.15, 0.2) is 5.96 Å². The van der Waals surface area contributed by atoms with E-state index in [1.807, 2.05) is 30.3 Å². The fourth-order valence-corrected chi connectivity index (χ4v) is 1.32. The molecule has 0 fully saturated rings. The first kappa shape index (κ1) is 13.4. The Bertz CT molecular complexity index is 336. The number of para-hydroxylation sites is 1. The summed E-state index contributed by atoms with van der Waals surface area (Å²) in [5, 5.41) is 6.40. The molecule has 4 heteroatoms. The minimum absolute atomic E-state index is 0.372. The summed E-state index contributed by atoms with van der Waals surface area (Å²) >= 11 is 0. The Hall–Kier alpha value is -1.71. The third kappa shape index (κ3) is 5.80. The number of nitrogens with one attached hydrogen (secondary N) is 2. The Morgan fingerprint density at radius 2 is 2.00 bits per heavy atom. The Kier molecular flexibility index (Phi) is 5.93. The third-order valence-electron chi connectivity index (χ3n) is 2.06. The standard InChI is InChI=1S/C13H21N3O/c1-11(2)16-13(14-3)15-9-10-17-12-7-5-4-6-8-12/h4-8,11H,9-10H2,1-3H3,(H2,14,15,16). The topological polar surface area (TPSA) is 45.7 Å². The molecule has 17 heavy (non-hydrogen) atoms. The molecule has 0 atom stereocenters. The summed E-state index contributed by atoms with van der Waals surface area (Å²) in [6.07, 6.45) is 0. The van der Waals surface area contributed by atoms with Crippen LogP contribution in [0.5, 0.6) is 5.75 Å². The van der Waals surface area contributed by atoms with E-state index < -0.39 is 0 Å². The van der Waals surface area contributed by atoms with E-state index in [0.717, 1.165) is 18.3 Å². The van der Waals surface area contributed by atoms with Crippen LogP contribution in [0.2, 0.25) is 0 Å². The SMILES string of the molecule is CN=C(NCCOc1ccccc1)NC(C)C. The van der Waals surface area contributed by atoms with Crippen LogP contribution in [0.3, 0.4) is 0 Å². The average molecular weight is 235 g/mol. The summed E-state index contributed by atoms with van der Waals surface area (Å²) in [7, 11) is 1.76. The van der Waals surface area contributed by atoms with Crippen molar-refractivity contribution in [3.63, 3.8) is 0 Å². The van der Waals surface area contributed by atoms with Gasteiger partial charge < -0.3 is 15.4 Å². The van der Waals surface area contributed by atoms with Crippen LogP contribution in [-0.4, -0.2) is 32.2 Å². The van der Waals surface area contributed by atoms with Gasteiger partial charge >= 0.3 is 0 Å². The molecule has 0 bridgehead atoms. The Morgan fingerprint density at radius 1 is 1.29 bits per heavy atom. The summed E-state index contributed by atoms with van der Waals surface area (Å²) < 4.78 is 5.56. The summed E-state index contributed by atoms with van der Waals surface area (Å²) in [6.45, 7) is 5.49. The van der Waals surface area contributed by atoms with Gasteiger partial charge in [0.25, 0.3) is 0 Å². The molecule has 0 saturated carbocycles. The Balaban J connectivity index is 2.19. The normalized spacial score (nSPS) is 11.4. The number of benzene rings is 1. The third-order valence-corrected chi connectivity index (χ3v) is 2.06. The fourth-order valence-electron chi connectivity index (χ4n) is 1.32. The zero-order chi connectivity index (χ0) is 12.5. The van der Waals surface area contributed by atoms with Crippen LogP contribution in [0.1, 0.15) is 13.8 Å². The number of hydrogen-bond donors (Lipinski definition) is 2. The smallest absolute Gasteiger partial charge is 0.191 e. The highest BCUT2D eigenvalue weighted by atomic mass is 16.5. The van der Waals surface area contributed by atoms with E-state index in [4.69, 9.17) is 4.74 Å². The minimum atomic E-state index is 0.372. The molecule has 4 nitrogen and oxygen atoms in total. The van der Waals surface area contributed by atoms with Crippen LogP contribution in [-0.2, 0) is 0 Å². The van der Waals surface area contributed by atoms with Crippen LogP contribution in [0.4, 0.5) is 0 Å². The predicted molar refractivity (Wildman–Crippen MR) is 71.6 cm³/mol. The van der Waals surface area contributed by atoms with Crippen molar-refractivity contribution in [1.29, 1.82) is 0 Å². The molecular weight excluding hydrogens is 214 g/mol.